The van der Waals surface area contributed by atoms with Gasteiger partial charge in [0.15, 0.2) is 0 Å². The fourth-order valence-corrected chi connectivity index (χ4v) is 9.54. The van der Waals surface area contributed by atoms with E-state index < -0.39 is 0 Å². The number of pyridine rings is 2. The fraction of sp³-hybridized carbons (Fsp3) is 0.390. The first-order valence-electron chi connectivity index (χ1n) is 18.9. The van der Waals surface area contributed by atoms with Gasteiger partial charge in [0, 0.05) is 97.7 Å². The molecule has 4 aliphatic rings. The molecule has 2 atom stereocenters. The van der Waals surface area contributed by atoms with Crippen LogP contribution in [0.3, 0.4) is 0 Å². The number of amides is 3. The summed E-state index contributed by atoms with van der Waals surface area (Å²) in [7, 11) is 0. The Kier molecular flexibility index (Phi) is 8.95. The number of carbonyl (C=O) groups excluding carboxylic acids is 3. The van der Waals surface area contributed by atoms with Crippen molar-refractivity contribution < 1.29 is 14.4 Å². The second-order valence-corrected chi connectivity index (χ2v) is 16.0. The summed E-state index contributed by atoms with van der Waals surface area (Å²) in [5.74, 6) is 1.09. The van der Waals surface area contributed by atoms with Crippen LogP contribution in [0.2, 0.25) is 0 Å². The van der Waals surface area contributed by atoms with Crippen LogP contribution in [0.4, 0.5) is 17.2 Å². The lowest BCUT2D eigenvalue weighted by atomic mass is 9.90. The van der Waals surface area contributed by atoms with Gasteiger partial charge >= 0.3 is 0 Å². The summed E-state index contributed by atoms with van der Waals surface area (Å²) in [5, 5.41) is 11.2. The minimum absolute atomic E-state index is 0.0180. The summed E-state index contributed by atoms with van der Waals surface area (Å²) in [4.78, 5) is 54.7. The van der Waals surface area contributed by atoms with Gasteiger partial charge in [0.2, 0.25) is 11.8 Å². The summed E-state index contributed by atoms with van der Waals surface area (Å²) in [5.41, 5.74) is 5.89. The van der Waals surface area contributed by atoms with Crippen LogP contribution in [-0.4, -0.2) is 91.0 Å². The van der Waals surface area contributed by atoms with Crippen molar-refractivity contribution in [3.05, 3.63) is 77.3 Å². The van der Waals surface area contributed by atoms with Gasteiger partial charge in [-0.1, -0.05) is 12.1 Å². The van der Waals surface area contributed by atoms with E-state index in [2.05, 4.69) is 85.2 Å². The monoisotopic (exact) mass is 728 g/mol. The molecule has 272 valence electrons. The normalized spacial score (nSPS) is 21.6. The first kappa shape index (κ1) is 33.7. The molecule has 0 bridgehead atoms. The first-order chi connectivity index (χ1) is 25.9. The molecule has 1 unspecified atom stereocenters. The van der Waals surface area contributed by atoms with Gasteiger partial charge in [0.05, 0.1) is 22.8 Å². The Balaban J connectivity index is 0.778. The Morgan fingerprint density at radius 1 is 0.849 bits per heavy atom. The van der Waals surface area contributed by atoms with E-state index >= 15 is 0 Å². The Labute approximate surface area is 312 Å². The molecule has 3 N–H and O–H groups in total. The van der Waals surface area contributed by atoms with Gasteiger partial charge in [0.25, 0.3) is 5.91 Å². The van der Waals surface area contributed by atoms with Crippen molar-refractivity contribution in [1.29, 1.82) is 0 Å². The van der Waals surface area contributed by atoms with Crippen LogP contribution in [-0.2, 0) is 9.59 Å². The van der Waals surface area contributed by atoms with Gasteiger partial charge in [0.1, 0.15) is 10.7 Å². The molecular formula is C41H44N8O3S. The van der Waals surface area contributed by atoms with Crippen LogP contribution in [0.25, 0.3) is 32.2 Å². The molecule has 0 radical (unpaired) electrons. The predicted molar refractivity (Wildman–Crippen MR) is 211 cm³/mol. The number of thiophene rings is 1. The maximum Gasteiger partial charge on any atom is 0.263 e. The van der Waals surface area contributed by atoms with E-state index in [1.807, 2.05) is 19.2 Å². The maximum atomic E-state index is 12.8. The quantitative estimate of drug-likeness (QED) is 0.192. The number of nitrogens with one attached hydrogen (secondary N) is 3. The molecule has 7 heterocycles. The number of aromatic nitrogens is 2. The minimum atomic E-state index is -0.235. The third kappa shape index (κ3) is 6.70. The molecule has 12 heteroatoms. The van der Waals surface area contributed by atoms with Crippen LogP contribution in [0.1, 0.15) is 53.8 Å². The van der Waals surface area contributed by atoms with Crippen LogP contribution in [0.5, 0.6) is 0 Å². The third-order valence-electron chi connectivity index (χ3n) is 11.5. The predicted octanol–water partition coefficient (Wildman–Crippen LogP) is 5.61. The average Bonchev–Trinajstić information content (AvgIpc) is 3.50. The topological polar surface area (TPSA) is 123 Å². The zero-order valence-electron chi connectivity index (χ0n) is 29.9. The van der Waals surface area contributed by atoms with Crippen LogP contribution in [0, 0.1) is 5.92 Å². The van der Waals surface area contributed by atoms with E-state index in [0.29, 0.717) is 25.3 Å². The lowest BCUT2D eigenvalue weighted by molar-refractivity contribution is -0.134. The Hall–Kier alpha value is -5.07. The van der Waals surface area contributed by atoms with Gasteiger partial charge in [-0.15, -0.1) is 11.3 Å². The summed E-state index contributed by atoms with van der Waals surface area (Å²) >= 11 is 1.53. The molecule has 5 aromatic rings. The van der Waals surface area contributed by atoms with Crippen molar-refractivity contribution in [2.24, 2.45) is 5.92 Å². The summed E-state index contributed by atoms with van der Waals surface area (Å²) in [6, 6.07) is 21.0. The molecule has 3 aromatic heterocycles. The van der Waals surface area contributed by atoms with E-state index in [4.69, 9.17) is 9.97 Å². The number of rotatable bonds is 6. The zero-order chi connectivity index (χ0) is 36.1. The first-order valence-corrected chi connectivity index (χ1v) is 19.7. The van der Waals surface area contributed by atoms with Gasteiger partial charge in [-0.3, -0.25) is 24.6 Å². The molecule has 0 aliphatic carbocycles. The zero-order valence-corrected chi connectivity index (χ0v) is 30.8. The lowest BCUT2D eigenvalue weighted by Crippen LogP contribution is -2.49. The molecule has 3 fully saturated rings. The average molecular weight is 729 g/mol. The largest absolute Gasteiger partial charge is 0.381 e. The number of hydrogen-bond donors (Lipinski definition) is 3. The summed E-state index contributed by atoms with van der Waals surface area (Å²) in [6.07, 6.45) is 5.28. The van der Waals surface area contributed by atoms with Crippen molar-refractivity contribution in [3.63, 3.8) is 0 Å². The van der Waals surface area contributed by atoms with E-state index in [1.165, 1.54) is 29.9 Å². The molecule has 53 heavy (non-hydrogen) atoms. The van der Waals surface area contributed by atoms with Crippen LogP contribution < -0.4 is 25.8 Å². The van der Waals surface area contributed by atoms with E-state index in [1.54, 1.807) is 0 Å². The van der Waals surface area contributed by atoms with E-state index in [0.717, 1.165) is 100 Å². The highest BCUT2D eigenvalue weighted by atomic mass is 32.1. The molecule has 11 nitrogen and oxygen atoms in total. The minimum Gasteiger partial charge on any atom is -0.381 e. The van der Waals surface area contributed by atoms with E-state index in [9.17, 15) is 14.4 Å². The van der Waals surface area contributed by atoms with Gasteiger partial charge < -0.3 is 20.4 Å². The Morgan fingerprint density at radius 2 is 1.66 bits per heavy atom. The molecule has 0 spiro atoms. The van der Waals surface area contributed by atoms with Crippen molar-refractivity contribution in [2.45, 2.75) is 44.6 Å². The number of fused-ring (bicyclic) bond motifs is 5. The number of piperidine rings is 2. The Morgan fingerprint density at radius 3 is 2.42 bits per heavy atom. The molecule has 3 amide bonds. The smallest absolute Gasteiger partial charge is 0.263 e. The molecule has 0 saturated carbocycles. The number of piperazine rings is 1. The van der Waals surface area contributed by atoms with Crippen molar-refractivity contribution in [2.75, 3.05) is 67.5 Å². The molecule has 3 saturated heterocycles. The van der Waals surface area contributed by atoms with Gasteiger partial charge in [-0.25, -0.2) is 9.97 Å². The van der Waals surface area contributed by atoms with Crippen molar-refractivity contribution in [3.8, 4) is 11.3 Å². The second kappa shape index (κ2) is 14.1. The molecular weight excluding hydrogens is 685 g/mol. The highest BCUT2D eigenvalue weighted by molar-refractivity contribution is 7.21. The molecule has 2 aromatic carbocycles. The summed E-state index contributed by atoms with van der Waals surface area (Å²) < 4.78 is 1.08. The highest BCUT2D eigenvalue weighted by Gasteiger charge is 2.29. The SMILES string of the molecule is C[C@@H]1CNc2c(sc3ccc4nc(-c5ccc(N6CCN(CC7CCN(c8ccc(C9CCC(=O)NC9=O)cc8)CC7)CC6)nc5)ccc4c23)C(=O)N1. The standard InChI is InChI=1S/C41H44N8O3S/c1-25-22-43-38-37-31-7-9-32(45-33(31)10-11-34(37)53-39(38)41(52)44-25)28-4-12-35(42-23-28)49-20-18-47(19-21-49)24-26-14-16-48(17-15-26)29-5-2-27(3-6-29)30-8-13-36(50)46-40(30)51/h2-7,9-12,23,25-26,30,43H,8,13-22,24H2,1H3,(H,44,52)(H,46,50,51)/t25-,30?/m1/s1. The van der Waals surface area contributed by atoms with E-state index in [-0.39, 0.29) is 29.7 Å². The number of anilines is 3. The molecule has 4 aliphatic heterocycles. The second-order valence-electron chi connectivity index (χ2n) is 15.0. The number of benzene rings is 2. The maximum absolute atomic E-state index is 12.8. The van der Waals surface area contributed by atoms with Crippen molar-refractivity contribution >= 4 is 67.2 Å². The van der Waals surface area contributed by atoms with Crippen LogP contribution in [0.15, 0.2) is 66.9 Å². The number of hydrogen-bond acceptors (Lipinski definition) is 10. The third-order valence-corrected chi connectivity index (χ3v) is 12.6. The Bertz CT molecular complexity index is 2190. The summed E-state index contributed by atoms with van der Waals surface area (Å²) in [6.45, 7) is 9.92. The fourth-order valence-electron chi connectivity index (χ4n) is 8.44. The lowest BCUT2D eigenvalue weighted by Gasteiger charge is -2.39. The number of carbonyl (C=O) groups is 3. The highest BCUT2D eigenvalue weighted by Crippen LogP contribution is 2.41. The van der Waals surface area contributed by atoms with Gasteiger partial charge in [-0.05, 0) is 86.2 Å². The van der Waals surface area contributed by atoms with Gasteiger partial charge in [-0.2, -0.15) is 0 Å². The number of imide groups is 1. The van der Waals surface area contributed by atoms with Crippen molar-refractivity contribution in [1.82, 2.24) is 25.5 Å². The van der Waals surface area contributed by atoms with Crippen LogP contribution >= 0.6 is 11.3 Å². The number of nitrogens with zero attached hydrogens (tertiary/aromatic N) is 5. The molecule has 9 rings (SSSR count).